The molecule has 0 spiro atoms. The van der Waals surface area contributed by atoms with Gasteiger partial charge in [0, 0.05) is 37.6 Å². The van der Waals surface area contributed by atoms with Gasteiger partial charge in [-0.25, -0.2) is 4.39 Å². The summed E-state index contributed by atoms with van der Waals surface area (Å²) in [6.45, 7) is 4.55. The van der Waals surface area contributed by atoms with Gasteiger partial charge in [0.1, 0.15) is 5.82 Å². The second kappa shape index (κ2) is 9.06. The van der Waals surface area contributed by atoms with Gasteiger partial charge >= 0.3 is 0 Å². The van der Waals surface area contributed by atoms with Crippen molar-refractivity contribution in [3.05, 3.63) is 58.9 Å². The molecule has 2 aromatic carbocycles. The Labute approximate surface area is 169 Å². The number of rotatable bonds is 5. The molecule has 1 saturated heterocycles. The fourth-order valence-corrected chi connectivity index (χ4v) is 3.46. The van der Waals surface area contributed by atoms with Gasteiger partial charge < -0.3 is 15.1 Å². The van der Waals surface area contributed by atoms with Crippen LogP contribution in [0.1, 0.15) is 30.1 Å². The van der Waals surface area contributed by atoms with Crippen molar-refractivity contribution in [2.24, 2.45) is 0 Å². The van der Waals surface area contributed by atoms with E-state index in [9.17, 15) is 14.0 Å². The Balaban J connectivity index is 1.76. The number of anilines is 2. The SMILES string of the molecule is CCCC(=O)N1CCN(c2ccc(Cl)cc2NC(=O)c2ccccc2F)CC1. The Morgan fingerprint density at radius 2 is 1.82 bits per heavy atom. The van der Waals surface area contributed by atoms with Crippen LogP contribution in [0.4, 0.5) is 15.8 Å². The van der Waals surface area contributed by atoms with Crippen molar-refractivity contribution in [2.75, 3.05) is 36.4 Å². The molecule has 3 rings (SSSR count). The average molecular weight is 404 g/mol. The van der Waals surface area contributed by atoms with E-state index < -0.39 is 11.7 Å². The van der Waals surface area contributed by atoms with E-state index >= 15 is 0 Å². The highest BCUT2D eigenvalue weighted by Gasteiger charge is 2.23. The second-order valence-corrected chi connectivity index (χ2v) is 7.15. The predicted octanol–water partition coefficient (Wildman–Crippen LogP) is 4.18. The summed E-state index contributed by atoms with van der Waals surface area (Å²) in [6, 6.07) is 11.1. The summed E-state index contributed by atoms with van der Waals surface area (Å²) in [5, 5.41) is 3.25. The predicted molar refractivity (Wildman–Crippen MR) is 110 cm³/mol. The molecule has 0 atom stereocenters. The number of benzene rings is 2. The first-order valence-corrected chi connectivity index (χ1v) is 9.75. The maximum atomic E-state index is 13.9. The lowest BCUT2D eigenvalue weighted by Crippen LogP contribution is -2.48. The minimum Gasteiger partial charge on any atom is -0.366 e. The van der Waals surface area contributed by atoms with Gasteiger partial charge in [0.05, 0.1) is 16.9 Å². The van der Waals surface area contributed by atoms with Crippen LogP contribution in [-0.4, -0.2) is 42.9 Å². The third kappa shape index (κ3) is 4.62. The molecule has 7 heteroatoms. The number of nitrogens with zero attached hydrogens (tertiary/aromatic N) is 2. The lowest BCUT2D eigenvalue weighted by molar-refractivity contribution is -0.131. The fraction of sp³-hybridized carbons (Fsp3) is 0.333. The molecule has 0 radical (unpaired) electrons. The summed E-state index contributed by atoms with van der Waals surface area (Å²) in [5.74, 6) is -0.934. The van der Waals surface area contributed by atoms with Gasteiger partial charge in [-0.05, 0) is 36.8 Å². The van der Waals surface area contributed by atoms with Crippen molar-refractivity contribution in [3.63, 3.8) is 0 Å². The molecule has 0 saturated carbocycles. The van der Waals surface area contributed by atoms with Gasteiger partial charge in [-0.3, -0.25) is 9.59 Å². The molecule has 1 fully saturated rings. The monoisotopic (exact) mass is 403 g/mol. The minimum absolute atomic E-state index is 0.0246. The van der Waals surface area contributed by atoms with Crippen LogP contribution in [0.5, 0.6) is 0 Å². The van der Waals surface area contributed by atoms with E-state index in [1.807, 2.05) is 17.9 Å². The summed E-state index contributed by atoms with van der Waals surface area (Å²) < 4.78 is 13.9. The molecular formula is C21H23ClFN3O2. The number of nitrogens with one attached hydrogen (secondary N) is 1. The van der Waals surface area contributed by atoms with Crippen LogP contribution < -0.4 is 10.2 Å². The smallest absolute Gasteiger partial charge is 0.258 e. The van der Waals surface area contributed by atoms with E-state index in [2.05, 4.69) is 10.2 Å². The number of halogens is 2. The number of amides is 2. The molecule has 5 nitrogen and oxygen atoms in total. The van der Waals surface area contributed by atoms with Gasteiger partial charge in [-0.15, -0.1) is 0 Å². The van der Waals surface area contributed by atoms with Crippen molar-refractivity contribution in [3.8, 4) is 0 Å². The summed E-state index contributed by atoms with van der Waals surface area (Å²) in [4.78, 5) is 28.6. The van der Waals surface area contributed by atoms with E-state index in [-0.39, 0.29) is 11.5 Å². The number of piperazine rings is 1. The molecule has 0 aromatic heterocycles. The van der Waals surface area contributed by atoms with Crippen molar-refractivity contribution >= 4 is 34.8 Å². The molecule has 0 bridgehead atoms. The van der Waals surface area contributed by atoms with Crippen LogP contribution >= 0.6 is 11.6 Å². The van der Waals surface area contributed by atoms with Crippen molar-refractivity contribution < 1.29 is 14.0 Å². The zero-order chi connectivity index (χ0) is 20.1. The zero-order valence-corrected chi connectivity index (χ0v) is 16.5. The quantitative estimate of drug-likeness (QED) is 0.814. The second-order valence-electron chi connectivity index (χ2n) is 6.71. The van der Waals surface area contributed by atoms with Crippen LogP contribution in [0.15, 0.2) is 42.5 Å². The largest absolute Gasteiger partial charge is 0.366 e. The van der Waals surface area contributed by atoms with Gasteiger partial charge in [0.2, 0.25) is 5.91 Å². The molecule has 28 heavy (non-hydrogen) atoms. The third-order valence-corrected chi connectivity index (χ3v) is 5.00. The molecule has 1 aliphatic rings. The number of hydrogen-bond acceptors (Lipinski definition) is 3. The lowest BCUT2D eigenvalue weighted by atomic mass is 10.1. The van der Waals surface area contributed by atoms with Crippen LogP contribution in [0.25, 0.3) is 0 Å². The molecule has 0 unspecified atom stereocenters. The van der Waals surface area contributed by atoms with Crippen molar-refractivity contribution in [2.45, 2.75) is 19.8 Å². The highest BCUT2D eigenvalue weighted by atomic mass is 35.5. The Hall–Kier alpha value is -2.60. The highest BCUT2D eigenvalue weighted by Crippen LogP contribution is 2.30. The van der Waals surface area contributed by atoms with Crippen molar-refractivity contribution in [1.29, 1.82) is 0 Å². The first-order valence-electron chi connectivity index (χ1n) is 9.37. The Kier molecular flexibility index (Phi) is 6.52. The van der Waals surface area contributed by atoms with Crippen LogP contribution in [-0.2, 0) is 4.79 Å². The molecule has 0 aliphatic carbocycles. The molecule has 148 valence electrons. The first kappa shape index (κ1) is 20.1. The van der Waals surface area contributed by atoms with Gasteiger partial charge in [0.25, 0.3) is 5.91 Å². The maximum Gasteiger partial charge on any atom is 0.258 e. The van der Waals surface area contributed by atoms with E-state index in [1.165, 1.54) is 18.2 Å². The van der Waals surface area contributed by atoms with E-state index in [0.29, 0.717) is 43.3 Å². The summed E-state index contributed by atoms with van der Waals surface area (Å²) >= 11 is 6.12. The maximum absolute atomic E-state index is 13.9. The topological polar surface area (TPSA) is 52.7 Å². The Morgan fingerprint density at radius 3 is 2.50 bits per heavy atom. The summed E-state index contributed by atoms with van der Waals surface area (Å²) in [5.41, 5.74) is 1.30. The van der Waals surface area contributed by atoms with Crippen LogP contribution in [0.2, 0.25) is 5.02 Å². The van der Waals surface area contributed by atoms with E-state index in [0.717, 1.165) is 12.1 Å². The molecular weight excluding hydrogens is 381 g/mol. The standard InChI is InChI=1S/C21H23ClFN3O2/c1-2-5-20(27)26-12-10-25(11-13-26)19-9-8-15(22)14-18(19)24-21(28)16-6-3-4-7-17(16)23/h3-4,6-9,14H,2,5,10-13H2,1H3,(H,24,28). The Morgan fingerprint density at radius 1 is 1.11 bits per heavy atom. The van der Waals surface area contributed by atoms with Gasteiger partial charge in [-0.2, -0.15) is 0 Å². The van der Waals surface area contributed by atoms with Gasteiger partial charge in [-0.1, -0.05) is 30.7 Å². The summed E-state index contributed by atoms with van der Waals surface area (Å²) in [6.07, 6.45) is 1.40. The number of hydrogen-bond donors (Lipinski definition) is 1. The fourth-order valence-electron chi connectivity index (χ4n) is 3.29. The van der Waals surface area contributed by atoms with Crippen molar-refractivity contribution in [1.82, 2.24) is 4.90 Å². The number of carbonyl (C=O) groups excluding carboxylic acids is 2. The Bertz CT molecular complexity index is 866. The molecule has 2 aromatic rings. The van der Waals surface area contributed by atoms with E-state index in [1.54, 1.807) is 18.2 Å². The lowest BCUT2D eigenvalue weighted by Gasteiger charge is -2.37. The van der Waals surface area contributed by atoms with Crippen LogP contribution in [0.3, 0.4) is 0 Å². The highest BCUT2D eigenvalue weighted by molar-refractivity contribution is 6.31. The first-order chi connectivity index (χ1) is 13.5. The molecule has 1 N–H and O–H groups in total. The molecule has 2 amide bonds. The molecule has 1 aliphatic heterocycles. The van der Waals surface area contributed by atoms with Crippen LogP contribution in [0, 0.1) is 5.82 Å². The number of carbonyl (C=O) groups is 2. The third-order valence-electron chi connectivity index (χ3n) is 4.76. The van der Waals surface area contributed by atoms with E-state index in [4.69, 9.17) is 11.6 Å². The summed E-state index contributed by atoms with van der Waals surface area (Å²) in [7, 11) is 0. The average Bonchev–Trinajstić information content (AvgIpc) is 2.69. The minimum atomic E-state index is -0.577. The molecule has 1 heterocycles. The van der Waals surface area contributed by atoms with Gasteiger partial charge in [0.15, 0.2) is 0 Å². The zero-order valence-electron chi connectivity index (χ0n) is 15.8. The normalized spacial score (nSPS) is 14.1.